The van der Waals surface area contributed by atoms with E-state index in [2.05, 4.69) is 10.9 Å². The third-order valence-electron chi connectivity index (χ3n) is 2.94. The number of benzene rings is 2. The fourth-order valence-electron chi connectivity index (χ4n) is 2.00. The lowest BCUT2D eigenvalue weighted by molar-refractivity contribution is 0.105. The Morgan fingerprint density at radius 2 is 1.53 bits per heavy atom. The molecule has 2 N–H and O–H groups in total. The fraction of sp³-hybridized carbons (Fsp3) is 0. The first-order valence-corrected chi connectivity index (χ1v) is 6.25. The maximum Gasteiger partial charge on any atom is 0.188 e. The quantitative estimate of drug-likeness (QED) is 0.839. The Balaban J connectivity index is 1.77. The van der Waals surface area contributed by atoms with Crippen molar-refractivity contribution in [3.8, 4) is 0 Å². The summed E-state index contributed by atoms with van der Waals surface area (Å²) >= 11 is 5.82. The molecule has 0 aromatic heterocycles. The average molecular weight is 271 g/mol. The molecule has 3 nitrogen and oxygen atoms in total. The molecule has 2 aromatic carbocycles. The van der Waals surface area contributed by atoms with Crippen LogP contribution in [0.15, 0.2) is 54.6 Å². The van der Waals surface area contributed by atoms with Crippen molar-refractivity contribution in [3.05, 3.63) is 70.8 Å². The molecule has 0 saturated heterocycles. The first kappa shape index (κ1) is 11.8. The van der Waals surface area contributed by atoms with E-state index in [1.807, 2.05) is 36.4 Å². The predicted octanol–water partition coefficient (Wildman–Crippen LogP) is 3.49. The van der Waals surface area contributed by atoms with E-state index in [0.717, 1.165) is 22.5 Å². The predicted molar refractivity (Wildman–Crippen MR) is 77.0 cm³/mol. The molecule has 94 valence electrons. The minimum atomic E-state index is 0.0241. The summed E-state index contributed by atoms with van der Waals surface area (Å²) in [4.78, 5) is 11.8. The van der Waals surface area contributed by atoms with E-state index in [0.29, 0.717) is 5.02 Å². The van der Waals surface area contributed by atoms with Crippen LogP contribution >= 0.6 is 11.6 Å². The summed E-state index contributed by atoms with van der Waals surface area (Å²) < 4.78 is 0. The molecular formula is C15H11ClN2O. The van der Waals surface area contributed by atoms with Gasteiger partial charge in [0.15, 0.2) is 5.78 Å². The lowest BCUT2D eigenvalue weighted by atomic mass is 10.1. The molecule has 0 bridgehead atoms. The number of hydrazine groups is 1. The van der Waals surface area contributed by atoms with Gasteiger partial charge in [-0.2, -0.15) is 0 Å². The van der Waals surface area contributed by atoms with Gasteiger partial charge in [0, 0.05) is 22.2 Å². The van der Waals surface area contributed by atoms with E-state index in [1.54, 1.807) is 18.2 Å². The molecule has 1 aliphatic carbocycles. The largest absolute Gasteiger partial charge is 0.301 e. The number of ketones is 1. The second kappa shape index (κ2) is 4.78. The summed E-state index contributed by atoms with van der Waals surface area (Å²) in [5.74, 6) is 0.0241. The van der Waals surface area contributed by atoms with E-state index in [9.17, 15) is 4.79 Å². The molecular weight excluding hydrogens is 260 g/mol. The number of anilines is 1. The van der Waals surface area contributed by atoms with Gasteiger partial charge in [-0.1, -0.05) is 35.9 Å². The van der Waals surface area contributed by atoms with Crippen molar-refractivity contribution in [2.24, 2.45) is 0 Å². The Morgan fingerprint density at radius 3 is 2.26 bits per heavy atom. The van der Waals surface area contributed by atoms with E-state index in [1.165, 1.54) is 0 Å². The molecule has 0 saturated carbocycles. The van der Waals surface area contributed by atoms with Crippen LogP contribution in [0.4, 0.5) is 5.69 Å². The maximum atomic E-state index is 11.8. The fourth-order valence-corrected chi connectivity index (χ4v) is 2.12. The van der Waals surface area contributed by atoms with Gasteiger partial charge in [-0.15, -0.1) is 0 Å². The first-order chi connectivity index (χ1) is 9.24. The highest BCUT2D eigenvalue weighted by molar-refractivity contribution is 6.30. The third-order valence-corrected chi connectivity index (χ3v) is 3.20. The zero-order chi connectivity index (χ0) is 13.2. The summed E-state index contributed by atoms with van der Waals surface area (Å²) in [6.45, 7) is 0. The van der Waals surface area contributed by atoms with Crippen LogP contribution < -0.4 is 10.9 Å². The number of nitrogens with one attached hydrogen (secondary N) is 2. The van der Waals surface area contributed by atoms with Crippen molar-refractivity contribution in [2.75, 3.05) is 5.43 Å². The molecule has 0 spiro atoms. The van der Waals surface area contributed by atoms with Crippen LogP contribution in [-0.4, -0.2) is 5.78 Å². The van der Waals surface area contributed by atoms with E-state index in [-0.39, 0.29) is 5.78 Å². The Labute approximate surface area is 115 Å². The molecule has 0 aliphatic heterocycles. The molecule has 0 heterocycles. The first-order valence-electron chi connectivity index (χ1n) is 5.87. The van der Waals surface area contributed by atoms with Crippen molar-refractivity contribution in [1.29, 1.82) is 0 Å². The number of hydrogen-bond acceptors (Lipinski definition) is 3. The van der Waals surface area contributed by atoms with Crippen molar-refractivity contribution >= 4 is 28.8 Å². The van der Waals surface area contributed by atoms with Crippen molar-refractivity contribution < 1.29 is 4.79 Å². The smallest absolute Gasteiger partial charge is 0.188 e. The highest BCUT2D eigenvalue weighted by atomic mass is 35.5. The number of carbonyl (C=O) groups excluding carboxylic acids is 1. The van der Waals surface area contributed by atoms with Gasteiger partial charge in [-0.05, 0) is 24.3 Å². The summed E-state index contributed by atoms with van der Waals surface area (Å²) in [5.41, 5.74) is 9.38. The zero-order valence-electron chi connectivity index (χ0n) is 9.98. The Kier molecular flexibility index (Phi) is 2.97. The summed E-state index contributed by atoms with van der Waals surface area (Å²) in [6, 6.07) is 14.8. The molecule has 1 aliphatic rings. The summed E-state index contributed by atoms with van der Waals surface area (Å²) in [5, 5.41) is 0.686. The molecule has 3 rings (SSSR count). The van der Waals surface area contributed by atoms with Gasteiger partial charge in [0.05, 0.1) is 11.4 Å². The van der Waals surface area contributed by atoms with E-state index < -0.39 is 0 Å². The third kappa shape index (κ3) is 2.33. The van der Waals surface area contributed by atoms with Gasteiger partial charge in [0.1, 0.15) is 0 Å². The molecule has 2 aromatic rings. The second-order valence-corrected chi connectivity index (χ2v) is 4.66. The molecule has 0 amide bonds. The minimum Gasteiger partial charge on any atom is -0.301 e. The van der Waals surface area contributed by atoms with Crippen LogP contribution in [0.1, 0.15) is 15.9 Å². The Bertz CT molecular complexity index is 662. The lowest BCUT2D eigenvalue weighted by Crippen LogP contribution is -2.19. The van der Waals surface area contributed by atoms with Crippen molar-refractivity contribution in [2.45, 2.75) is 0 Å². The van der Waals surface area contributed by atoms with Gasteiger partial charge in [-0.25, -0.2) is 0 Å². The normalized spacial score (nSPS) is 12.9. The van der Waals surface area contributed by atoms with E-state index in [4.69, 9.17) is 11.6 Å². The maximum absolute atomic E-state index is 11.8. The van der Waals surface area contributed by atoms with Gasteiger partial charge < -0.3 is 10.9 Å². The van der Waals surface area contributed by atoms with Crippen LogP contribution in [-0.2, 0) is 0 Å². The Hall–Kier alpha value is -2.26. The molecule has 0 atom stereocenters. The molecule has 0 fully saturated rings. The Morgan fingerprint density at radius 1 is 0.842 bits per heavy atom. The molecule has 4 heteroatoms. The van der Waals surface area contributed by atoms with Crippen LogP contribution in [0.25, 0.3) is 5.70 Å². The number of carbonyl (C=O) groups is 1. The van der Waals surface area contributed by atoms with Gasteiger partial charge in [-0.3, -0.25) is 4.79 Å². The van der Waals surface area contributed by atoms with Crippen molar-refractivity contribution in [1.82, 2.24) is 5.43 Å². The monoisotopic (exact) mass is 270 g/mol. The summed E-state index contributed by atoms with van der Waals surface area (Å²) in [6.07, 6.45) is 1.59. The number of hydrogen-bond donors (Lipinski definition) is 2. The van der Waals surface area contributed by atoms with Crippen LogP contribution in [0.3, 0.4) is 0 Å². The molecule has 0 radical (unpaired) electrons. The second-order valence-electron chi connectivity index (χ2n) is 4.22. The minimum absolute atomic E-state index is 0.0241. The zero-order valence-corrected chi connectivity index (χ0v) is 10.7. The van der Waals surface area contributed by atoms with Crippen molar-refractivity contribution in [3.63, 3.8) is 0 Å². The SMILES string of the molecule is O=C1C=C(NNc2ccc(Cl)cc2)c2ccccc21. The average Bonchev–Trinajstić information content (AvgIpc) is 2.76. The summed E-state index contributed by atoms with van der Waals surface area (Å²) in [7, 11) is 0. The topological polar surface area (TPSA) is 41.1 Å². The van der Waals surface area contributed by atoms with Gasteiger partial charge in [0.2, 0.25) is 0 Å². The van der Waals surface area contributed by atoms with Crippen LogP contribution in [0.5, 0.6) is 0 Å². The van der Waals surface area contributed by atoms with Crippen LogP contribution in [0.2, 0.25) is 5.02 Å². The number of allylic oxidation sites excluding steroid dienone is 1. The number of halogens is 1. The van der Waals surface area contributed by atoms with E-state index >= 15 is 0 Å². The molecule has 19 heavy (non-hydrogen) atoms. The lowest BCUT2D eigenvalue weighted by Gasteiger charge is -2.11. The molecule has 0 unspecified atom stereocenters. The highest BCUT2D eigenvalue weighted by Crippen LogP contribution is 2.25. The highest BCUT2D eigenvalue weighted by Gasteiger charge is 2.19. The van der Waals surface area contributed by atoms with Crippen LogP contribution in [0, 0.1) is 0 Å². The number of fused-ring (bicyclic) bond motifs is 1. The number of rotatable bonds is 3. The van der Waals surface area contributed by atoms with Gasteiger partial charge in [0.25, 0.3) is 0 Å². The van der Waals surface area contributed by atoms with Gasteiger partial charge >= 0.3 is 0 Å². The standard InChI is InChI=1S/C15H11ClN2O/c16-10-5-7-11(8-6-10)17-18-14-9-15(19)13-4-2-1-3-12(13)14/h1-9,17-18H.